The van der Waals surface area contributed by atoms with Crippen molar-refractivity contribution in [2.75, 3.05) is 0 Å². The van der Waals surface area contributed by atoms with Gasteiger partial charge in [0.25, 0.3) is 0 Å². The van der Waals surface area contributed by atoms with E-state index in [9.17, 15) is 26.3 Å². The summed E-state index contributed by atoms with van der Waals surface area (Å²) in [5.41, 5.74) is 0.0110. The Balaban J connectivity index is 2.41. The Hall–Kier alpha value is -2.63. The van der Waals surface area contributed by atoms with Crippen LogP contribution in [0.2, 0.25) is 0 Å². The molecule has 0 saturated carbocycles. The van der Waals surface area contributed by atoms with Gasteiger partial charge in [-0.15, -0.1) is 10.2 Å². The minimum Gasteiger partial charge on any atom is -0.463 e. The van der Waals surface area contributed by atoms with Crippen molar-refractivity contribution in [1.29, 1.82) is 0 Å². The molecular formula is C15H12ClF6N5O. The number of halogens is 7. The minimum absolute atomic E-state index is 0.00287. The molecule has 0 saturated heterocycles. The number of hydrogen-bond donors (Lipinski definition) is 0. The first-order valence-corrected chi connectivity index (χ1v) is 7.79. The van der Waals surface area contributed by atoms with E-state index >= 15 is 0 Å². The average Bonchev–Trinajstić information content (AvgIpc) is 3.01. The standard InChI is InChI=1S/C15H12ClF6N5O/c1-7(4-9(17)12(23-3)28-8(2)15(20,21)22)10-6-27-11(5-24-10)25-26-13(27)14(16,18)19/h4-6,8H,3H2,1-2H3/b7-4+,12-9-/t8-/m1/s1. The fourth-order valence-corrected chi connectivity index (χ4v) is 2.06. The molecule has 2 aromatic heterocycles. The maximum atomic E-state index is 14.3. The number of allylic oxidation sites excluding steroid dienone is 3. The van der Waals surface area contributed by atoms with Crippen molar-refractivity contribution in [3.05, 3.63) is 41.7 Å². The molecule has 0 amide bonds. The van der Waals surface area contributed by atoms with Gasteiger partial charge in [0.2, 0.25) is 11.7 Å². The highest BCUT2D eigenvalue weighted by Gasteiger charge is 2.39. The average molecular weight is 428 g/mol. The molecule has 0 unspecified atom stereocenters. The lowest BCUT2D eigenvalue weighted by molar-refractivity contribution is -0.203. The summed E-state index contributed by atoms with van der Waals surface area (Å²) in [5, 5.41) is 2.92. The molecule has 28 heavy (non-hydrogen) atoms. The second-order valence-corrected chi connectivity index (χ2v) is 5.94. The molecule has 13 heteroatoms. The number of ether oxygens (including phenoxy) is 1. The van der Waals surface area contributed by atoms with Gasteiger partial charge in [-0.2, -0.15) is 22.0 Å². The summed E-state index contributed by atoms with van der Waals surface area (Å²) in [6, 6.07) is 0. The topological polar surface area (TPSA) is 64.7 Å². The molecule has 0 fully saturated rings. The molecule has 2 heterocycles. The van der Waals surface area contributed by atoms with Gasteiger partial charge in [-0.3, -0.25) is 9.38 Å². The van der Waals surface area contributed by atoms with Crippen molar-refractivity contribution < 1.29 is 31.1 Å². The van der Waals surface area contributed by atoms with Crippen LogP contribution in [-0.2, 0) is 10.1 Å². The first-order chi connectivity index (χ1) is 12.8. The number of hydrogen-bond acceptors (Lipinski definition) is 5. The van der Waals surface area contributed by atoms with Crippen LogP contribution < -0.4 is 0 Å². The molecule has 0 aliphatic carbocycles. The van der Waals surface area contributed by atoms with Crippen molar-refractivity contribution in [2.24, 2.45) is 4.99 Å². The Bertz CT molecular complexity index is 947. The van der Waals surface area contributed by atoms with Gasteiger partial charge in [0.1, 0.15) is 0 Å². The molecule has 1 atom stereocenters. The molecule has 0 aromatic carbocycles. The molecule has 0 bridgehead atoms. The fraction of sp³-hybridized carbons (Fsp3) is 0.333. The monoisotopic (exact) mass is 427 g/mol. The zero-order valence-corrected chi connectivity index (χ0v) is 15.1. The number of aromatic nitrogens is 4. The van der Waals surface area contributed by atoms with Crippen molar-refractivity contribution in [3.8, 4) is 0 Å². The quantitative estimate of drug-likeness (QED) is 0.222. The van der Waals surface area contributed by atoms with Gasteiger partial charge < -0.3 is 4.74 Å². The molecular weight excluding hydrogens is 416 g/mol. The maximum Gasteiger partial charge on any atom is 0.425 e. The summed E-state index contributed by atoms with van der Waals surface area (Å²) >= 11 is 4.95. The Kier molecular flexibility index (Phi) is 6.02. The van der Waals surface area contributed by atoms with E-state index in [-0.39, 0.29) is 16.9 Å². The van der Waals surface area contributed by atoms with Crippen LogP contribution in [0, 0.1) is 0 Å². The van der Waals surface area contributed by atoms with Crippen LogP contribution in [0.3, 0.4) is 0 Å². The van der Waals surface area contributed by atoms with Crippen LogP contribution in [0.25, 0.3) is 11.2 Å². The summed E-state index contributed by atoms with van der Waals surface area (Å²) in [6.07, 6.45) is -4.14. The van der Waals surface area contributed by atoms with Crippen molar-refractivity contribution in [2.45, 2.75) is 31.5 Å². The van der Waals surface area contributed by atoms with E-state index in [4.69, 9.17) is 11.6 Å². The number of fused-ring (bicyclic) bond motifs is 1. The zero-order chi connectivity index (χ0) is 21.3. The van der Waals surface area contributed by atoms with Crippen LogP contribution in [0.5, 0.6) is 0 Å². The first-order valence-electron chi connectivity index (χ1n) is 7.41. The van der Waals surface area contributed by atoms with Crippen LogP contribution >= 0.6 is 11.6 Å². The van der Waals surface area contributed by atoms with E-state index in [1.54, 1.807) is 0 Å². The predicted octanol–water partition coefficient (Wildman–Crippen LogP) is 4.62. The highest BCUT2D eigenvalue weighted by Crippen LogP contribution is 2.31. The number of rotatable bonds is 6. The number of alkyl halides is 6. The van der Waals surface area contributed by atoms with E-state index in [1.807, 2.05) is 0 Å². The van der Waals surface area contributed by atoms with E-state index in [2.05, 4.69) is 31.6 Å². The van der Waals surface area contributed by atoms with Gasteiger partial charge >= 0.3 is 11.6 Å². The van der Waals surface area contributed by atoms with Gasteiger partial charge in [-0.05, 0) is 43.8 Å². The van der Waals surface area contributed by atoms with Gasteiger partial charge in [-0.25, -0.2) is 9.38 Å². The maximum absolute atomic E-state index is 14.3. The lowest BCUT2D eigenvalue weighted by Gasteiger charge is -2.17. The van der Waals surface area contributed by atoms with Gasteiger partial charge in [-0.1, -0.05) is 0 Å². The van der Waals surface area contributed by atoms with E-state index in [0.717, 1.165) is 22.9 Å². The lowest BCUT2D eigenvalue weighted by atomic mass is 10.2. The molecule has 0 spiro atoms. The van der Waals surface area contributed by atoms with E-state index in [0.29, 0.717) is 6.92 Å². The van der Waals surface area contributed by atoms with E-state index < -0.39 is 35.2 Å². The third-order valence-electron chi connectivity index (χ3n) is 3.39. The molecule has 0 radical (unpaired) electrons. The molecule has 2 rings (SSSR count). The van der Waals surface area contributed by atoms with Crippen LogP contribution in [0.4, 0.5) is 26.3 Å². The molecule has 0 N–H and O–H groups in total. The summed E-state index contributed by atoms with van der Waals surface area (Å²) in [7, 11) is 0. The smallest absolute Gasteiger partial charge is 0.425 e. The Morgan fingerprint density at radius 2 is 1.96 bits per heavy atom. The summed E-state index contributed by atoms with van der Waals surface area (Å²) < 4.78 is 83.8. The number of nitrogens with zero attached hydrogens (tertiary/aromatic N) is 5. The Morgan fingerprint density at radius 3 is 2.50 bits per heavy atom. The zero-order valence-electron chi connectivity index (χ0n) is 14.3. The Morgan fingerprint density at radius 1 is 1.32 bits per heavy atom. The summed E-state index contributed by atoms with van der Waals surface area (Å²) in [4.78, 5) is 7.01. The first kappa shape index (κ1) is 21.7. The van der Waals surface area contributed by atoms with Crippen molar-refractivity contribution in [1.82, 2.24) is 19.6 Å². The predicted molar refractivity (Wildman–Crippen MR) is 88.5 cm³/mol. The molecule has 0 aliphatic heterocycles. The van der Waals surface area contributed by atoms with Gasteiger partial charge in [0, 0.05) is 6.20 Å². The fourth-order valence-electron chi connectivity index (χ4n) is 1.93. The third-order valence-corrected chi connectivity index (χ3v) is 3.56. The van der Waals surface area contributed by atoms with Crippen molar-refractivity contribution in [3.63, 3.8) is 0 Å². The van der Waals surface area contributed by atoms with Crippen LogP contribution in [0.15, 0.2) is 35.2 Å². The summed E-state index contributed by atoms with van der Waals surface area (Å²) in [5.74, 6) is -3.13. The normalized spacial score (nSPS) is 15.4. The Labute approximate surface area is 159 Å². The number of aliphatic imine (C=N–C) groups is 1. The molecule has 0 aliphatic rings. The highest BCUT2D eigenvalue weighted by atomic mass is 35.5. The lowest BCUT2D eigenvalue weighted by Crippen LogP contribution is -2.28. The minimum atomic E-state index is -4.74. The second-order valence-electron chi connectivity index (χ2n) is 5.46. The van der Waals surface area contributed by atoms with Crippen LogP contribution in [-0.4, -0.2) is 38.6 Å². The second kappa shape index (κ2) is 7.78. The largest absolute Gasteiger partial charge is 0.463 e. The van der Waals surface area contributed by atoms with Gasteiger partial charge in [0.05, 0.1) is 11.9 Å². The molecule has 152 valence electrons. The molecule has 6 nitrogen and oxygen atoms in total. The van der Waals surface area contributed by atoms with Crippen molar-refractivity contribution >= 4 is 29.5 Å². The van der Waals surface area contributed by atoms with E-state index in [1.165, 1.54) is 6.92 Å². The highest BCUT2D eigenvalue weighted by molar-refractivity contribution is 6.21. The summed E-state index contributed by atoms with van der Waals surface area (Å²) in [6.45, 7) is 4.97. The third kappa shape index (κ3) is 4.80. The SMILES string of the molecule is C=N/C(O[C@H](C)C(F)(F)F)=C(F)\C=C(/C)c1cn2c(C(F)(F)Cl)nnc2cn1. The molecule has 2 aromatic rings. The van der Waals surface area contributed by atoms with Gasteiger partial charge in [0.15, 0.2) is 17.6 Å². The van der Waals surface area contributed by atoms with Crippen LogP contribution in [0.1, 0.15) is 25.4 Å².